The lowest BCUT2D eigenvalue weighted by atomic mass is 10.2. The lowest BCUT2D eigenvalue weighted by molar-refractivity contribution is 0.101. The number of benzene rings is 1. The molecule has 0 radical (unpaired) electrons. The Kier molecular flexibility index (Phi) is 2.77. The van der Waals surface area contributed by atoms with E-state index in [0.717, 1.165) is 5.69 Å². The minimum absolute atomic E-state index is 0.162. The summed E-state index contributed by atoms with van der Waals surface area (Å²) in [5, 5.41) is 13.1. The third-order valence-corrected chi connectivity index (χ3v) is 2.53. The van der Waals surface area contributed by atoms with Crippen LogP contribution in [0.5, 0.6) is 0 Å². The van der Waals surface area contributed by atoms with Crippen LogP contribution in [0, 0.1) is 0 Å². The Labute approximate surface area is 108 Å². The number of hydrogen-bond donors (Lipinski definition) is 2. The molecule has 2 aromatic heterocycles. The lowest BCUT2D eigenvalue weighted by Crippen LogP contribution is -2.15. The minimum atomic E-state index is -0.350. The Bertz CT molecular complexity index is 674. The van der Waals surface area contributed by atoms with Gasteiger partial charge < -0.3 is 5.32 Å². The molecule has 0 saturated heterocycles. The van der Waals surface area contributed by atoms with Crippen LogP contribution in [0.25, 0.3) is 5.69 Å². The van der Waals surface area contributed by atoms with Crippen molar-refractivity contribution in [1.82, 2.24) is 25.0 Å². The Balaban J connectivity index is 1.92. The van der Waals surface area contributed by atoms with Crippen molar-refractivity contribution in [1.29, 1.82) is 0 Å². The molecule has 19 heavy (non-hydrogen) atoms. The normalized spacial score (nSPS) is 10.3. The zero-order valence-corrected chi connectivity index (χ0v) is 9.82. The molecule has 7 heteroatoms. The van der Waals surface area contributed by atoms with E-state index in [1.807, 2.05) is 24.3 Å². The maximum Gasteiger partial charge on any atom is 0.293 e. The van der Waals surface area contributed by atoms with Crippen molar-refractivity contribution in [2.75, 3.05) is 5.32 Å². The zero-order chi connectivity index (χ0) is 13.1. The summed E-state index contributed by atoms with van der Waals surface area (Å²) < 4.78 is 1.68. The number of H-pyrrole nitrogens is 1. The van der Waals surface area contributed by atoms with E-state index in [4.69, 9.17) is 0 Å². The Morgan fingerprint density at radius 3 is 2.89 bits per heavy atom. The fourth-order valence-electron chi connectivity index (χ4n) is 1.69. The molecule has 3 rings (SSSR count). The van der Waals surface area contributed by atoms with Crippen LogP contribution >= 0.6 is 0 Å². The van der Waals surface area contributed by atoms with Crippen molar-refractivity contribution in [3.05, 3.63) is 54.9 Å². The molecule has 0 aliphatic rings. The SMILES string of the molecule is O=C(Nc1ccccc1-n1cccn1)c1ncn[nH]1. The second-order valence-electron chi connectivity index (χ2n) is 3.76. The van der Waals surface area contributed by atoms with E-state index in [1.165, 1.54) is 6.33 Å². The summed E-state index contributed by atoms with van der Waals surface area (Å²) >= 11 is 0. The van der Waals surface area contributed by atoms with Gasteiger partial charge in [-0.1, -0.05) is 12.1 Å². The largest absolute Gasteiger partial charge is 0.317 e. The Hall–Kier alpha value is -2.96. The quantitative estimate of drug-likeness (QED) is 0.736. The van der Waals surface area contributed by atoms with Crippen LogP contribution in [0.2, 0.25) is 0 Å². The van der Waals surface area contributed by atoms with E-state index in [0.29, 0.717) is 5.69 Å². The van der Waals surface area contributed by atoms with E-state index >= 15 is 0 Å². The molecule has 1 aromatic carbocycles. The van der Waals surface area contributed by atoms with Gasteiger partial charge in [-0.2, -0.15) is 10.2 Å². The number of aromatic nitrogens is 5. The zero-order valence-electron chi connectivity index (χ0n) is 9.82. The number of nitrogens with one attached hydrogen (secondary N) is 2. The highest BCUT2D eigenvalue weighted by Crippen LogP contribution is 2.19. The molecule has 0 fully saturated rings. The summed E-state index contributed by atoms with van der Waals surface area (Å²) in [5.41, 5.74) is 1.42. The molecule has 1 amide bonds. The van der Waals surface area contributed by atoms with E-state index in [2.05, 4.69) is 25.6 Å². The van der Waals surface area contributed by atoms with Gasteiger partial charge in [0.25, 0.3) is 5.91 Å². The molecule has 0 saturated carbocycles. The van der Waals surface area contributed by atoms with Gasteiger partial charge in [-0.15, -0.1) is 0 Å². The van der Waals surface area contributed by atoms with E-state index in [9.17, 15) is 4.79 Å². The van der Waals surface area contributed by atoms with Crippen molar-refractivity contribution in [2.24, 2.45) is 0 Å². The standard InChI is InChI=1S/C12H10N6O/c19-12(11-13-8-14-17-11)16-9-4-1-2-5-10(9)18-7-3-6-15-18/h1-8H,(H,16,19)(H,13,14,17). The molecule has 0 aliphatic heterocycles. The number of hydrogen-bond acceptors (Lipinski definition) is 4. The molecule has 0 spiro atoms. The van der Waals surface area contributed by atoms with Gasteiger partial charge in [-0.05, 0) is 18.2 Å². The number of para-hydroxylation sites is 2. The molecule has 0 unspecified atom stereocenters. The van der Waals surface area contributed by atoms with Crippen LogP contribution in [-0.2, 0) is 0 Å². The van der Waals surface area contributed by atoms with Crippen molar-refractivity contribution in [3.8, 4) is 5.69 Å². The maximum atomic E-state index is 11.9. The van der Waals surface area contributed by atoms with Crippen LogP contribution < -0.4 is 5.32 Å². The highest BCUT2D eigenvalue weighted by molar-refractivity contribution is 6.02. The second kappa shape index (κ2) is 4.73. The van der Waals surface area contributed by atoms with Crippen LogP contribution in [-0.4, -0.2) is 30.9 Å². The lowest BCUT2D eigenvalue weighted by Gasteiger charge is -2.09. The maximum absolute atomic E-state index is 11.9. The average molecular weight is 254 g/mol. The monoisotopic (exact) mass is 254 g/mol. The fraction of sp³-hybridized carbons (Fsp3) is 0. The predicted octanol–water partition coefficient (Wildman–Crippen LogP) is 1.24. The molecule has 2 heterocycles. The molecular formula is C12H10N6O. The van der Waals surface area contributed by atoms with Crippen LogP contribution in [0.4, 0.5) is 5.69 Å². The predicted molar refractivity (Wildman–Crippen MR) is 67.9 cm³/mol. The Morgan fingerprint density at radius 2 is 2.16 bits per heavy atom. The Morgan fingerprint density at radius 1 is 1.26 bits per heavy atom. The molecule has 3 aromatic rings. The first-order chi connectivity index (χ1) is 9.34. The molecule has 0 bridgehead atoms. The number of aromatic amines is 1. The number of carbonyl (C=O) groups excluding carboxylic acids is 1. The first-order valence-corrected chi connectivity index (χ1v) is 5.60. The summed E-state index contributed by atoms with van der Waals surface area (Å²) in [6.45, 7) is 0. The summed E-state index contributed by atoms with van der Waals surface area (Å²) in [4.78, 5) is 15.7. The van der Waals surface area contributed by atoms with Gasteiger partial charge in [0.2, 0.25) is 5.82 Å². The van der Waals surface area contributed by atoms with Gasteiger partial charge >= 0.3 is 0 Å². The van der Waals surface area contributed by atoms with Gasteiger partial charge in [0.05, 0.1) is 11.4 Å². The summed E-state index contributed by atoms with van der Waals surface area (Å²) in [7, 11) is 0. The van der Waals surface area contributed by atoms with Crippen LogP contribution in [0.1, 0.15) is 10.6 Å². The summed E-state index contributed by atoms with van der Waals surface area (Å²) in [6, 6.07) is 9.19. The van der Waals surface area contributed by atoms with E-state index < -0.39 is 0 Å². The third kappa shape index (κ3) is 2.21. The topological polar surface area (TPSA) is 88.5 Å². The van der Waals surface area contributed by atoms with Crippen molar-refractivity contribution in [2.45, 2.75) is 0 Å². The van der Waals surface area contributed by atoms with Gasteiger partial charge in [-0.3, -0.25) is 9.89 Å². The van der Waals surface area contributed by atoms with Gasteiger partial charge in [-0.25, -0.2) is 9.67 Å². The first kappa shape index (κ1) is 11.1. The number of nitrogens with zero attached hydrogens (tertiary/aromatic N) is 4. The smallest absolute Gasteiger partial charge is 0.293 e. The summed E-state index contributed by atoms with van der Waals surface area (Å²) in [6.07, 6.45) is 4.77. The molecule has 2 N–H and O–H groups in total. The van der Waals surface area contributed by atoms with Gasteiger partial charge in [0, 0.05) is 12.4 Å². The average Bonchev–Trinajstić information content (AvgIpc) is 3.13. The summed E-state index contributed by atoms with van der Waals surface area (Å²) in [5.74, 6) is -0.188. The van der Waals surface area contributed by atoms with Crippen molar-refractivity contribution >= 4 is 11.6 Å². The van der Waals surface area contributed by atoms with Crippen LogP contribution in [0.15, 0.2) is 49.1 Å². The number of rotatable bonds is 3. The number of anilines is 1. The number of carbonyl (C=O) groups is 1. The van der Waals surface area contributed by atoms with Crippen molar-refractivity contribution < 1.29 is 4.79 Å². The second-order valence-corrected chi connectivity index (χ2v) is 3.76. The van der Waals surface area contributed by atoms with Crippen LogP contribution in [0.3, 0.4) is 0 Å². The third-order valence-electron chi connectivity index (χ3n) is 2.53. The molecule has 0 atom stereocenters. The molecule has 0 aliphatic carbocycles. The molecular weight excluding hydrogens is 244 g/mol. The van der Waals surface area contributed by atoms with Gasteiger partial charge in [0.1, 0.15) is 6.33 Å². The first-order valence-electron chi connectivity index (χ1n) is 5.60. The minimum Gasteiger partial charge on any atom is -0.317 e. The van der Waals surface area contributed by atoms with Crippen molar-refractivity contribution in [3.63, 3.8) is 0 Å². The van der Waals surface area contributed by atoms with E-state index in [1.54, 1.807) is 23.1 Å². The highest BCUT2D eigenvalue weighted by Gasteiger charge is 2.12. The molecule has 7 nitrogen and oxygen atoms in total. The number of amides is 1. The van der Waals surface area contributed by atoms with Gasteiger partial charge in [0.15, 0.2) is 0 Å². The fourth-order valence-corrected chi connectivity index (χ4v) is 1.69. The highest BCUT2D eigenvalue weighted by atomic mass is 16.2. The molecule has 94 valence electrons. The van der Waals surface area contributed by atoms with E-state index in [-0.39, 0.29) is 11.7 Å².